The number of aliphatic hydroxyl groups is 1. The van der Waals surface area contributed by atoms with Crippen molar-refractivity contribution in [2.75, 3.05) is 18.4 Å². The van der Waals surface area contributed by atoms with Gasteiger partial charge in [-0.25, -0.2) is 13.2 Å². The first-order valence-electron chi connectivity index (χ1n) is 12.3. The summed E-state index contributed by atoms with van der Waals surface area (Å²) in [6.45, 7) is 10.3. The monoisotopic (exact) mass is 533 g/mol. The fourth-order valence-corrected chi connectivity index (χ4v) is 5.31. The van der Waals surface area contributed by atoms with E-state index in [0.717, 1.165) is 5.56 Å². The van der Waals surface area contributed by atoms with E-state index in [4.69, 9.17) is 4.74 Å². The number of nitrogens with one attached hydrogen (secondary N) is 2. The normalized spacial score (nSPS) is 13.8. The van der Waals surface area contributed by atoms with Crippen LogP contribution < -0.4 is 10.6 Å². The summed E-state index contributed by atoms with van der Waals surface area (Å²) < 4.78 is 33.7. The van der Waals surface area contributed by atoms with Gasteiger partial charge in [-0.15, -0.1) is 0 Å². The zero-order valence-corrected chi connectivity index (χ0v) is 23.2. The molecule has 2 aromatic rings. The van der Waals surface area contributed by atoms with Gasteiger partial charge in [0.25, 0.3) is 0 Å². The number of rotatable bonds is 11. The molecule has 0 heterocycles. The number of alkyl carbamates (subject to hydrolysis) is 1. The van der Waals surface area contributed by atoms with Gasteiger partial charge in [0.2, 0.25) is 15.9 Å². The van der Waals surface area contributed by atoms with Crippen molar-refractivity contribution in [1.82, 2.24) is 9.62 Å². The number of hydrogen-bond donors (Lipinski definition) is 3. The smallest absolute Gasteiger partial charge is 0.407 e. The quantitative estimate of drug-likeness (QED) is 0.404. The standard InChI is InChI=1S/C27H39N3O6S/c1-19(2)17-30(37(34,35)23-14-12-22(13-15-23)28-20(3)31)18-25(32)24(16-21-10-8-7-9-11-21)29-26(33)36-27(4,5)6/h7-15,19,24-25,32H,16-18H2,1-6H3,(H,28,31)(H,29,33)/t24?,25-/m1/s1. The number of hydrogen-bond acceptors (Lipinski definition) is 6. The number of ether oxygens (including phenoxy) is 1. The molecule has 3 N–H and O–H groups in total. The Hall–Kier alpha value is -2.95. The first-order chi connectivity index (χ1) is 17.2. The van der Waals surface area contributed by atoms with E-state index in [2.05, 4.69) is 10.6 Å². The fraction of sp³-hybridized carbons (Fsp3) is 0.481. The van der Waals surface area contributed by atoms with E-state index in [-0.39, 0.29) is 36.2 Å². The number of carbonyl (C=O) groups excluding carboxylic acids is 2. The van der Waals surface area contributed by atoms with Crippen LogP contribution in [-0.2, 0) is 26.0 Å². The molecule has 2 rings (SSSR count). The lowest BCUT2D eigenvalue weighted by molar-refractivity contribution is -0.114. The van der Waals surface area contributed by atoms with Crippen molar-refractivity contribution >= 4 is 27.7 Å². The Kier molecular flexibility index (Phi) is 10.7. The van der Waals surface area contributed by atoms with Gasteiger partial charge in [-0.1, -0.05) is 44.2 Å². The van der Waals surface area contributed by atoms with Crippen LogP contribution in [0.3, 0.4) is 0 Å². The highest BCUT2D eigenvalue weighted by Gasteiger charge is 2.32. The van der Waals surface area contributed by atoms with Crippen LogP contribution in [0, 0.1) is 5.92 Å². The molecule has 0 bridgehead atoms. The predicted octanol–water partition coefficient (Wildman–Crippen LogP) is 3.79. The molecule has 0 spiro atoms. The van der Waals surface area contributed by atoms with E-state index >= 15 is 0 Å². The highest BCUT2D eigenvalue weighted by molar-refractivity contribution is 7.89. The third-order valence-corrected chi connectivity index (χ3v) is 7.08. The van der Waals surface area contributed by atoms with Crippen molar-refractivity contribution in [3.8, 4) is 0 Å². The minimum Gasteiger partial charge on any atom is -0.444 e. The summed E-state index contributed by atoms with van der Waals surface area (Å²) >= 11 is 0. The zero-order chi connectivity index (χ0) is 27.8. The van der Waals surface area contributed by atoms with Crippen LogP contribution in [0.2, 0.25) is 0 Å². The molecule has 0 aliphatic heterocycles. The molecule has 0 aromatic heterocycles. The number of carbonyl (C=O) groups is 2. The average Bonchev–Trinajstić information content (AvgIpc) is 2.77. The molecule has 204 valence electrons. The van der Waals surface area contributed by atoms with E-state index in [1.807, 2.05) is 44.2 Å². The second kappa shape index (κ2) is 13.0. The lowest BCUT2D eigenvalue weighted by Crippen LogP contribution is -2.51. The number of amides is 2. The van der Waals surface area contributed by atoms with Crippen molar-refractivity contribution in [1.29, 1.82) is 0 Å². The molecule has 0 saturated carbocycles. The largest absolute Gasteiger partial charge is 0.444 e. The Morgan fingerprint density at radius 1 is 1.00 bits per heavy atom. The molecular weight excluding hydrogens is 494 g/mol. The third-order valence-electron chi connectivity index (χ3n) is 5.24. The number of sulfonamides is 1. The van der Waals surface area contributed by atoms with E-state index in [1.54, 1.807) is 20.8 Å². The predicted molar refractivity (Wildman–Crippen MR) is 144 cm³/mol. The second-order valence-electron chi connectivity index (χ2n) is 10.4. The van der Waals surface area contributed by atoms with Crippen molar-refractivity contribution < 1.29 is 27.9 Å². The number of aliphatic hydroxyl groups excluding tert-OH is 1. The first kappa shape index (κ1) is 30.3. The molecule has 37 heavy (non-hydrogen) atoms. The first-order valence-corrected chi connectivity index (χ1v) is 13.7. The number of nitrogens with zero attached hydrogens (tertiary/aromatic N) is 1. The van der Waals surface area contributed by atoms with Gasteiger partial charge in [0.1, 0.15) is 5.60 Å². The highest BCUT2D eigenvalue weighted by atomic mass is 32.2. The van der Waals surface area contributed by atoms with Crippen LogP contribution in [0.5, 0.6) is 0 Å². The molecule has 2 atom stereocenters. The minimum atomic E-state index is -3.98. The SMILES string of the molecule is CC(=O)Nc1ccc(S(=O)(=O)N(CC(C)C)C[C@@H](O)C(Cc2ccccc2)NC(=O)OC(C)(C)C)cc1. The Morgan fingerprint density at radius 3 is 2.11 bits per heavy atom. The minimum absolute atomic E-state index is 0.0213. The Morgan fingerprint density at radius 2 is 1.59 bits per heavy atom. The van der Waals surface area contributed by atoms with Crippen molar-refractivity contribution in [2.45, 2.75) is 70.6 Å². The van der Waals surface area contributed by atoms with Crippen LogP contribution >= 0.6 is 0 Å². The summed E-state index contributed by atoms with van der Waals surface area (Å²) in [5, 5.41) is 16.6. The molecule has 0 aliphatic rings. The molecule has 2 amide bonds. The number of benzene rings is 2. The maximum Gasteiger partial charge on any atom is 0.407 e. The zero-order valence-electron chi connectivity index (χ0n) is 22.4. The lowest BCUT2D eigenvalue weighted by atomic mass is 10.0. The summed E-state index contributed by atoms with van der Waals surface area (Å²) in [6, 6.07) is 14.4. The van der Waals surface area contributed by atoms with Crippen molar-refractivity contribution in [3.63, 3.8) is 0 Å². The summed E-state index contributed by atoms with van der Waals surface area (Å²) in [5.74, 6) is -0.283. The van der Waals surface area contributed by atoms with Gasteiger partial charge in [0.15, 0.2) is 0 Å². The summed E-state index contributed by atoms with van der Waals surface area (Å²) in [5.41, 5.74) is 0.615. The van der Waals surface area contributed by atoms with Crippen molar-refractivity contribution in [3.05, 3.63) is 60.2 Å². The summed E-state index contributed by atoms with van der Waals surface area (Å²) in [6.07, 6.45) is -1.64. The van der Waals surface area contributed by atoms with Crippen LogP contribution in [0.1, 0.15) is 47.1 Å². The Balaban J connectivity index is 2.31. The van der Waals surface area contributed by atoms with Gasteiger partial charge in [-0.3, -0.25) is 4.79 Å². The lowest BCUT2D eigenvalue weighted by Gasteiger charge is -2.31. The van der Waals surface area contributed by atoms with Crippen LogP contribution in [0.15, 0.2) is 59.5 Å². The molecule has 0 saturated heterocycles. The van der Waals surface area contributed by atoms with Crippen LogP contribution in [0.25, 0.3) is 0 Å². The molecule has 10 heteroatoms. The summed E-state index contributed by atoms with van der Waals surface area (Å²) in [7, 11) is -3.98. The fourth-order valence-electron chi connectivity index (χ4n) is 3.69. The van der Waals surface area contributed by atoms with E-state index < -0.39 is 33.9 Å². The molecule has 0 aliphatic carbocycles. The van der Waals surface area contributed by atoms with Gasteiger partial charge in [0.05, 0.1) is 17.0 Å². The van der Waals surface area contributed by atoms with Gasteiger partial charge >= 0.3 is 6.09 Å². The molecule has 9 nitrogen and oxygen atoms in total. The van der Waals surface area contributed by atoms with Crippen LogP contribution in [-0.4, -0.2) is 60.7 Å². The average molecular weight is 534 g/mol. The Labute approximate surface area is 220 Å². The van der Waals surface area contributed by atoms with Crippen molar-refractivity contribution in [2.24, 2.45) is 5.92 Å². The molecule has 0 radical (unpaired) electrons. The summed E-state index contributed by atoms with van der Waals surface area (Å²) in [4.78, 5) is 23.9. The second-order valence-corrected chi connectivity index (χ2v) is 12.4. The van der Waals surface area contributed by atoms with Crippen LogP contribution in [0.4, 0.5) is 10.5 Å². The molecule has 0 fully saturated rings. The highest BCUT2D eigenvalue weighted by Crippen LogP contribution is 2.21. The molecule has 1 unspecified atom stereocenters. The maximum absolute atomic E-state index is 13.5. The third kappa shape index (κ3) is 10.1. The molecular formula is C27H39N3O6S. The van der Waals surface area contributed by atoms with E-state index in [9.17, 15) is 23.1 Å². The van der Waals surface area contributed by atoms with Gasteiger partial charge in [-0.05, 0) is 62.9 Å². The maximum atomic E-state index is 13.5. The van der Waals surface area contributed by atoms with Gasteiger partial charge in [0, 0.05) is 25.7 Å². The van der Waals surface area contributed by atoms with E-state index in [1.165, 1.54) is 35.5 Å². The number of anilines is 1. The van der Waals surface area contributed by atoms with E-state index in [0.29, 0.717) is 5.69 Å². The molecule has 2 aromatic carbocycles. The van der Waals surface area contributed by atoms with Gasteiger partial charge < -0.3 is 20.5 Å². The van der Waals surface area contributed by atoms with Gasteiger partial charge in [-0.2, -0.15) is 4.31 Å². The topological polar surface area (TPSA) is 125 Å². The Bertz CT molecular complexity index is 1130.